The van der Waals surface area contributed by atoms with Crippen molar-refractivity contribution in [3.63, 3.8) is 0 Å². The number of ether oxygens (including phenoxy) is 1. The van der Waals surface area contributed by atoms with Gasteiger partial charge in [0.1, 0.15) is 18.3 Å². The number of amides is 2. The molecule has 1 fully saturated rings. The van der Waals surface area contributed by atoms with E-state index < -0.39 is 28.5 Å². The first-order chi connectivity index (χ1) is 21.1. The highest BCUT2D eigenvalue weighted by atomic mass is 35.5. The van der Waals surface area contributed by atoms with Gasteiger partial charge in [-0.3, -0.25) is 13.9 Å². The van der Waals surface area contributed by atoms with Crippen LogP contribution in [0.15, 0.2) is 77.7 Å². The lowest BCUT2D eigenvalue weighted by Gasteiger charge is -2.34. The molecule has 1 aliphatic carbocycles. The number of hydrogen-bond donors (Lipinski definition) is 1. The fraction of sp³-hybridized carbons (Fsp3) is 0.412. The summed E-state index contributed by atoms with van der Waals surface area (Å²) < 4.78 is 34.8. The summed E-state index contributed by atoms with van der Waals surface area (Å²) in [6, 6.07) is 19.4. The van der Waals surface area contributed by atoms with Crippen LogP contribution in [0.25, 0.3) is 0 Å². The predicted molar refractivity (Wildman–Crippen MR) is 174 cm³/mol. The average Bonchev–Trinajstić information content (AvgIpc) is 3.02. The predicted octanol–water partition coefficient (Wildman–Crippen LogP) is 6.50. The number of nitrogens with one attached hydrogen (secondary N) is 1. The van der Waals surface area contributed by atoms with Gasteiger partial charge in [0.25, 0.3) is 10.0 Å². The Morgan fingerprint density at radius 3 is 2.23 bits per heavy atom. The molecule has 44 heavy (non-hydrogen) atoms. The highest BCUT2D eigenvalue weighted by Gasteiger charge is 2.34. The molecule has 8 nitrogen and oxygen atoms in total. The van der Waals surface area contributed by atoms with Crippen LogP contribution in [0.5, 0.6) is 5.75 Å². The van der Waals surface area contributed by atoms with Crippen LogP contribution in [0, 0.1) is 6.92 Å². The maximum Gasteiger partial charge on any atom is 0.264 e. The van der Waals surface area contributed by atoms with Gasteiger partial charge in [-0.2, -0.15) is 0 Å². The lowest BCUT2D eigenvalue weighted by Crippen LogP contribution is -2.54. The number of carbonyl (C=O) groups excluding carboxylic acids is 2. The van der Waals surface area contributed by atoms with Gasteiger partial charge in [0.05, 0.1) is 17.2 Å². The van der Waals surface area contributed by atoms with E-state index in [0.717, 1.165) is 47.5 Å². The van der Waals surface area contributed by atoms with Crippen LogP contribution in [-0.4, -0.2) is 50.4 Å². The fourth-order valence-corrected chi connectivity index (χ4v) is 7.11. The summed E-state index contributed by atoms with van der Waals surface area (Å²) in [4.78, 5) is 29.6. The van der Waals surface area contributed by atoms with Crippen LogP contribution >= 0.6 is 11.6 Å². The molecule has 0 saturated heterocycles. The first kappa shape index (κ1) is 33.3. The minimum absolute atomic E-state index is 0.00359. The normalized spacial score (nSPS) is 14.5. The summed E-state index contributed by atoms with van der Waals surface area (Å²) in [6.07, 6.45) is 5.49. The molecule has 1 aliphatic rings. The van der Waals surface area contributed by atoms with Crippen molar-refractivity contribution in [2.75, 3.05) is 17.5 Å². The Labute approximate surface area is 266 Å². The van der Waals surface area contributed by atoms with E-state index in [0.29, 0.717) is 29.5 Å². The number of aryl methyl sites for hydroxylation is 1. The zero-order valence-corrected chi connectivity index (χ0v) is 27.2. The molecule has 0 spiro atoms. The van der Waals surface area contributed by atoms with Crippen molar-refractivity contribution in [2.24, 2.45) is 0 Å². The Balaban J connectivity index is 1.71. The largest absolute Gasteiger partial charge is 0.494 e. The van der Waals surface area contributed by atoms with E-state index in [-0.39, 0.29) is 23.4 Å². The number of rotatable bonds is 13. The lowest BCUT2D eigenvalue weighted by molar-refractivity contribution is -0.140. The summed E-state index contributed by atoms with van der Waals surface area (Å²) in [7, 11) is -4.20. The van der Waals surface area contributed by atoms with Crippen molar-refractivity contribution < 1.29 is 22.7 Å². The molecule has 0 unspecified atom stereocenters. The molecule has 4 rings (SSSR count). The number of benzene rings is 3. The molecular weight excluding hydrogens is 598 g/mol. The summed E-state index contributed by atoms with van der Waals surface area (Å²) >= 11 is 6.05. The first-order valence-corrected chi connectivity index (χ1v) is 17.1. The number of halogens is 1. The van der Waals surface area contributed by atoms with Crippen LogP contribution in [0.3, 0.4) is 0 Å². The highest BCUT2D eigenvalue weighted by Crippen LogP contribution is 2.28. The Morgan fingerprint density at radius 2 is 1.61 bits per heavy atom. The van der Waals surface area contributed by atoms with Gasteiger partial charge < -0.3 is 15.0 Å². The van der Waals surface area contributed by atoms with Crippen molar-refractivity contribution in [2.45, 2.75) is 82.8 Å². The van der Waals surface area contributed by atoms with Crippen LogP contribution in [0.4, 0.5) is 5.69 Å². The second-order valence-corrected chi connectivity index (χ2v) is 13.4. The van der Waals surface area contributed by atoms with Crippen LogP contribution in [-0.2, 0) is 26.2 Å². The van der Waals surface area contributed by atoms with Crippen molar-refractivity contribution in [1.82, 2.24) is 10.2 Å². The first-order valence-electron chi connectivity index (χ1n) is 15.3. The number of hydrogen-bond acceptors (Lipinski definition) is 5. The van der Waals surface area contributed by atoms with E-state index in [1.807, 2.05) is 45.0 Å². The minimum atomic E-state index is -4.20. The zero-order chi connectivity index (χ0) is 31.7. The Bertz CT molecular complexity index is 1510. The van der Waals surface area contributed by atoms with E-state index >= 15 is 0 Å². The second kappa shape index (κ2) is 15.4. The second-order valence-electron chi connectivity index (χ2n) is 11.1. The average molecular weight is 640 g/mol. The van der Waals surface area contributed by atoms with E-state index in [1.165, 1.54) is 29.2 Å². The molecule has 1 atom stereocenters. The van der Waals surface area contributed by atoms with Gasteiger partial charge in [-0.25, -0.2) is 8.42 Å². The molecule has 236 valence electrons. The Hall–Kier alpha value is -3.56. The van der Waals surface area contributed by atoms with E-state index in [1.54, 1.807) is 24.3 Å². The topological polar surface area (TPSA) is 96.0 Å². The SMILES string of the molecule is CCOc1ccc(N(CC(=O)N(Cc2ccccc2C)[C@H](CC)C(=O)NC2CCCCC2)S(=O)(=O)c2ccc(Cl)cc2)cc1. The molecule has 3 aromatic rings. The van der Waals surface area contributed by atoms with Crippen molar-refractivity contribution in [1.29, 1.82) is 0 Å². The Kier molecular flexibility index (Phi) is 11.7. The van der Waals surface area contributed by atoms with Crippen molar-refractivity contribution in [3.05, 3.63) is 88.9 Å². The summed E-state index contributed by atoms with van der Waals surface area (Å²) in [5.74, 6) is -0.113. The molecule has 0 heterocycles. The molecular formula is C34H42ClN3O5S. The third kappa shape index (κ3) is 8.33. The van der Waals surface area contributed by atoms with Gasteiger partial charge in [0, 0.05) is 17.6 Å². The zero-order valence-electron chi connectivity index (χ0n) is 25.7. The van der Waals surface area contributed by atoms with E-state index in [9.17, 15) is 18.0 Å². The third-order valence-corrected chi connectivity index (χ3v) is 10.1. The van der Waals surface area contributed by atoms with Crippen LogP contribution in [0.2, 0.25) is 5.02 Å². The van der Waals surface area contributed by atoms with E-state index in [2.05, 4.69) is 5.32 Å². The maximum atomic E-state index is 14.3. The van der Waals surface area contributed by atoms with Crippen molar-refractivity contribution >= 4 is 39.1 Å². The van der Waals surface area contributed by atoms with Gasteiger partial charge in [-0.1, -0.05) is 62.1 Å². The smallest absolute Gasteiger partial charge is 0.264 e. The standard InChI is InChI=1S/C34H42ClN3O5S/c1-4-32(34(40)36-28-13-7-6-8-14-28)37(23-26-12-10-9-11-25(26)3)33(39)24-38(29-17-19-30(20-18-29)43-5-2)44(41,42)31-21-15-27(35)16-22-31/h9-12,15-22,28,32H,4-8,13-14,23-24H2,1-3H3,(H,36,40)/t32-/m1/s1. The molecule has 1 N–H and O–H groups in total. The van der Waals surface area contributed by atoms with Crippen molar-refractivity contribution in [3.8, 4) is 5.75 Å². The van der Waals surface area contributed by atoms with Gasteiger partial charge in [0.2, 0.25) is 11.8 Å². The maximum absolute atomic E-state index is 14.3. The third-order valence-electron chi connectivity index (χ3n) is 8.06. The molecule has 2 amide bonds. The molecule has 0 aliphatic heterocycles. The van der Waals surface area contributed by atoms with Gasteiger partial charge >= 0.3 is 0 Å². The summed E-state index contributed by atoms with van der Waals surface area (Å²) in [5, 5.41) is 3.57. The molecule has 3 aromatic carbocycles. The number of anilines is 1. The molecule has 10 heteroatoms. The summed E-state index contributed by atoms with van der Waals surface area (Å²) in [6.45, 7) is 5.82. The minimum Gasteiger partial charge on any atom is -0.494 e. The number of nitrogens with zero attached hydrogens (tertiary/aromatic N) is 2. The van der Waals surface area contributed by atoms with Gasteiger partial charge in [0.15, 0.2) is 0 Å². The monoisotopic (exact) mass is 639 g/mol. The Morgan fingerprint density at radius 1 is 0.955 bits per heavy atom. The summed E-state index contributed by atoms with van der Waals surface area (Å²) in [5.41, 5.74) is 2.16. The van der Waals surface area contributed by atoms with Crippen LogP contribution in [0.1, 0.15) is 63.5 Å². The van der Waals surface area contributed by atoms with Gasteiger partial charge in [-0.15, -0.1) is 0 Å². The molecule has 1 saturated carbocycles. The van der Waals surface area contributed by atoms with E-state index in [4.69, 9.17) is 16.3 Å². The number of sulfonamides is 1. The molecule has 0 aromatic heterocycles. The highest BCUT2D eigenvalue weighted by molar-refractivity contribution is 7.92. The fourth-order valence-electron chi connectivity index (χ4n) is 5.57. The lowest BCUT2D eigenvalue weighted by atomic mass is 9.95. The van der Waals surface area contributed by atoms with Gasteiger partial charge in [-0.05, 0) is 92.8 Å². The molecule has 0 radical (unpaired) electrons. The quantitative estimate of drug-likeness (QED) is 0.230. The van der Waals surface area contributed by atoms with Crippen LogP contribution < -0.4 is 14.4 Å². The number of carbonyl (C=O) groups is 2. The molecule has 0 bridgehead atoms.